The molecule has 0 N–H and O–H groups in total. The summed E-state index contributed by atoms with van der Waals surface area (Å²) in [4.78, 5) is 12.0. The van der Waals surface area contributed by atoms with Gasteiger partial charge in [-0.3, -0.25) is 4.79 Å². The molecule has 0 heterocycles. The Morgan fingerprint density at radius 2 is 2.12 bits per heavy atom. The van der Waals surface area contributed by atoms with Gasteiger partial charge in [-0.05, 0) is 48.6 Å². The lowest BCUT2D eigenvalue weighted by molar-refractivity contribution is -0.119. The lowest BCUT2D eigenvalue weighted by Crippen LogP contribution is -2.18. The minimum atomic E-state index is 0.140. The van der Waals surface area contributed by atoms with Gasteiger partial charge in [0.05, 0.1) is 0 Å². The van der Waals surface area contributed by atoms with Crippen molar-refractivity contribution in [2.45, 2.75) is 26.2 Å². The summed E-state index contributed by atoms with van der Waals surface area (Å²) in [5.74, 6) is 0.392. The minimum Gasteiger partial charge on any atom is -0.294 e. The molecule has 1 aromatic carbocycles. The fourth-order valence-electron chi connectivity index (χ4n) is 2.12. The van der Waals surface area contributed by atoms with E-state index >= 15 is 0 Å². The van der Waals surface area contributed by atoms with Gasteiger partial charge in [0.2, 0.25) is 0 Å². The average Bonchev–Trinajstić information content (AvgIpc) is 2.28. The standard InChI is InChI=1S/C14H14Cl2O/c1-9-3-2-4-11(14(9)17)7-10-5-6-12(15)8-13(10)16/h5-9H,2-4H2,1H3. The largest absolute Gasteiger partial charge is 0.294 e. The molecule has 1 aromatic rings. The second kappa shape index (κ2) is 5.24. The molecule has 3 heteroatoms. The van der Waals surface area contributed by atoms with Crippen LogP contribution in [0.15, 0.2) is 23.8 Å². The van der Waals surface area contributed by atoms with Crippen LogP contribution in [0.1, 0.15) is 31.7 Å². The van der Waals surface area contributed by atoms with Gasteiger partial charge >= 0.3 is 0 Å². The Balaban J connectivity index is 2.32. The highest BCUT2D eigenvalue weighted by molar-refractivity contribution is 6.35. The molecule has 0 saturated heterocycles. The van der Waals surface area contributed by atoms with Gasteiger partial charge in [-0.25, -0.2) is 0 Å². The summed E-state index contributed by atoms with van der Waals surface area (Å²) in [6.07, 6.45) is 4.81. The number of carbonyl (C=O) groups excluding carboxylic acids is 1. The van der Waals surface area contributed by atoms with Crippen molar-refractivity contribution in [1.82, 2.24) is 0 Å². The van der Waals surface area contributed by atoms with Crippen molar-refractivity contribution in [2.24, 2.45) is 5.92 Å². The summed E-state index contributed by atoms with van der Waals surface area (Å²) in [6.45, 7) is 1.98. The van der Waals surface area contributed by atoms with Gasteiger partial charge < -0.3 is 0 Å². The predicted octanol–water partition coefficient (Wildman–Crippen LogP) is 4.77. The van der Waals surface area contributed by atoms with Crippen molar-refractivity contribution < 1.29 is 4.79 Å². The van der Waals surface area contributed by atoms with Crippen LogP contribution in [0.4, 0.5) is 0 Å². The predicted molar refractivity (Wildman–Crippen MR) is 72.5 cm³/mol. The summed E-state index contributed by atoms with van der Waals surface area (Å²) in [5, 5.41) is 1.21. The number of ketones is 1. The maximum atomic E-state index is 12.0. The number of Topliss-reactive ketones (excluding diaryl/α,β-unsaturated/α-hetero) is 1. The van der Waals surface area contributed by atoms with Crippen molar-refractivity contribution in [3.05, 3.63) is 39.4 Å². The maximum absolute atomic E-state index is 12.0. The maximum Gasteiger partial charge on any atom is 0.161 e. The second-order valence-corrected chi connectivity index (χ2v) is 5.34. The van der Waals surface area contributed by atoms with Gasteiger partial charge in [0, 0.05) is 16.0 Å². The van der Waals surface area contributed by atoms with Crippen LogP contribution in [0.3, 0.4) is 0 Å². The Morgan fingerprint density at radius 1 is 1.35 bits per heavy atom. The zero-order valence-electron chi connectivity index (χ0n) is 9.67. The van der Waals surface area contributed by atoms with E-state index < -0.39 is 0 Å². The average molecular weight is 269 g/mol. The molecule has 0 spiro atoms. The third kappa shape index (κ3) is 2.91. The van der Waals surface area contributed by atoms with Gasteiger partial charge in [-0.1, -0.05) is 36.2 Å². The number of halogens is 2. The van der Waals surface area contributed by atoms with Gasteiger partial charge in [-0.15, -0.1) is 0 Å². The van der Waals surface area contributed by atoms with E-state index in [0.29, 0.717) is 10.0 Å². The first-order valence-corrected chi connectivity index (χ1v) is 6.53. The molecule has 1 saturated carbocycles. The molecule has 1 fully saturated rings. The molecule has 0 aliphatic heterocycles. The van der Waals surface area contributed by atoms with Crippen LogP contribution >= 0.6 is 23.2 Å². The second-order valence-electron chi connectivity index (χ2n) is 4.49. The van der Waals surface area contributed by atoms with Crippen molar-refractivity contribution >= 4 is 35.1 Å². The van der Waals surface area contributed by atoms with Crippen LogP contribution in [0.5, 0.6) is 0 Å². The molecule has 0 radical (unpaired) electrons. The van der Waals surface area contributed by atoms with Crippen LogP contribution in [0.25, 0.3) is 6.08 Å². The molecule has 0 amide bonds. The van der Waals surface area contributed by atoms with E-state index in [0.717, 1.165) is 30.4 Å². The summed E-state index contributed by atoms with van der Waals surface area (Å²) < 4.78 is 0. The lowest BCUT2D eigenvalue weighted by atomic mass is 9.84. The Bertz CT molecular complexity index is 477. The molecular formula is C14H14Cl2O. The van der Waals surface area contributed by atoms with Crippen molar-refractivity contribution in [3.63, 3.8) is 0 Å². The van der Waals surface area contributed by atoms with Crippen molar-refractivity contribution in [2.75, 3.05) is 0 Å². The SMILES string of the molecule is CC1CCCC(=Cc2ccc(Cl)cc2Cl)C1=O. The molecule has 1 nitrogen and oxygen atoms in total. The number of benzene rings is 1. The van der Waals surface area contributed by atoms with E-state index in [-0.39, 0.29) is 11.7 Å². The molecule has 0 bridgehead atoms. The number of hydrogen-bond acceptors (Lipinski definition) is 1. The Kier molecular flexibility index (Phi) is 3.90. The highest BCUT2D eigenvalue weighted by Crippen LogP contribution is 2.29. The van der Waals surface area contributed by atoms with Gasteiger partial charge in [0.25, 0.3) is 0 Å². The zero-order chi connectivity index (χ0) is 12.4. The monoisotopic (exact) mass is 268 g/mol. The number of allylic oxidation sites excluding steroid dienone is 1. The molecule has 1 atom stereocenters. The molecule has 1 aliphatic carbocycles. The van der Waals surface area contributed by atoms with E-state index in [2.05, 4.69) is 0 Å². The summed E-state index contributed by atoms with van der Waals surface area (Å²) in [5.41, 5.74) is 1.75. The first-order chi connectivity index (χ1) is 8.08. The lowest BCUT2D eigenvalue weighted by Gasteiger charge is -2.19. The summed E-state index contributed by atoms with van der Waals surface area (Å²) >= 11 is 11.9. The molecule has 2 rings (SSSR count). The van der Waals surface area contributed by atoms with Crippen LogP contribution in [0.2, 0.25) is 10.0 Å². The highest BCUT2D eigenvalue weighted by atomic mass is 35.5. The first-order valence-electron chi connectivity index (χ1n) is 5.78. The first kappa shape index (κ1) is 12.7. The van der Waals surface area contributed by atoms with Gasteiger partial charge in [0.15, 0.2) is 5.78 Å². The van der Waals surface area contributed by atoms with Crippen LogP contribution in [-0.2, 0) is 4.79 Å². The molecule has 90 valence electrons. The third-order valence-corrected chi connectivity index (χ3v) is 3.70. The normalized spacial score (nSPS) is 23.1. The van der Waals surface area contributed by atoms with E-state index in [4.69, 9.17) is 23.2 Å². The fourth-order valence-corrected chi connectivity index (χ4v) is 2.58. The highest BCUT2D eigenvalue weighted by Gasteiger charge is 2.22. The van der Waals surface area contributed by atoms with Crippen molar-refractivity contribution in [1.29, 1.82) is 0 Å². The van der Waals surface area contributed by atoms with E-state index in [9.17, 15) is 4.79 Å². The Hall–Kier alpha value is -0.790. The topological polar surface area (TPSA) is 17.1 Å². The number of carbonyl (C=O) groups is 1. The Morgan fingerprint density at radius 3 is 2.82 bits per heavy atom. The number of hydrogen-bond donors (Lipinski definition) is 0. The molecule has 0 aromatic heterocycles. The van der Waals surface area contributed by atoms with Crippen molar-refractivity contribution in [3.8, 4) is 0 Å². The summed E-state index contributed by atoms with van der Waals surface area (Å²) in [6, 6.07) is 5.34. The summed E-state index contributed by atoms with van der Waals surface area (Å²) in [7, 11) is 0. The Labute approximate surface area is 111 Å². The van der Waals surface area contributed by atoms with Crippen LogP contribution < -0.4 is 0 Å². The zero-order valence-corrected chi connectivity index (χ0v) is 11.2. The van der Waals surface area contributed by atoms with Gasteiger partial charge in [0.1, 0.15) is 0 Å². The molecular weight excluding hydrogens is 255 g/mol. The van der Waals surface area contributed by atoms with E-state index in [1.54, 1.807) is 12.1 Å². The van der Waals surface area contributed by atoms with E-state index in [1.165, 1.54) is 0 Å². The third-order valence-electron chi connectivity index (χ3n) is 3.14. The smallest absolute Gasteiger partial charge is 0.161 e. The molecule has 17 heavy (non-hydrogen) atoms. The van der Waals surface area contributed by atoms with E-state index in [1.807, 2.05) is 19.1 Å². The van der Waals surface area contributed by atoms with Crippen LogP contribution in [0, 0.1) is 5.92 Å². The van der Waals surface area contributed by atoms with Gasteiger partial charge in [-0.2, -0.15) is 0 Å². The van der Waals surface area contributed by atoms with Crippen LogP contribution in [-0.4, -0.2) is 5.78 Å². The number of rotatable bonds is 1. The minimum absolute atomic E-state index is 0.140. The fraction of sp³-hybridized carbons (Fsp3) is 0.357. The molecule has 1 aliphatic rings. The quantitative estimate of drug-likeness (QED) is 0.671. The molecule has 1 unspecified atom stereocenters.